The number of para-hydroxylation sites is 1. The average molecular weight is 435 g/mol. The van der Waals surface area contributed by atoms with Gasteiger partial charge in [-0.1, -0.05) is 12.1 Å². The molecule has 4 aliphatic carbocycles. The van der Waals surface area contributed by atoms with Crippen molar-refractivity contribution < 1.29 is 4.79 Å². The lowest BCUT2D eigenvalue weighted by molar-refractivity contribution is -0.128. The molecule has 5 aliphatic rings. The normalized spacial score (nSPS) is 32.4. The molecule has 4 bridgehead atoms. The maximum atomic E-state index is 12.9. The zero-order valence-electron chi connectivity index (χ0n) is 18.8. The number of benzene rings is 1. The van der Waals surface area contributed by atoms with Crippen LogP contribution < -0.4 is 11.1 Å². The summed E-state index contributed by atoms with van der Waals surface area (Å²) < 4.78 is 0. The minimum atomic E-state index is 0.112. The molecule has 32 heavy (non-hydrogen) atoms. The molecule has 1 aliphatic heterocycles. The molecule has 1 aromatic heterocycles. The minimum Gasteiger partial charge on any atom is -0.383 e. The van der Waals surface area contributed by atoms with Gasteiger partial charge in [-0.15, -0.1) is 0 Å². The van der Waals surface area contributed by atoms with Crippen LogP contribution in [0.15, 0.2) is 24.3 Å². The summed E-state index contributed by atoms with van der Waals surface area (Å²) in [5, 5.41) is 4.43. The lowest BCUT2D eigenvalue weighted by Crippen LogP contribution is -2.61. The predicted octanol–water partition coefficient (Wildman–Crippen LogP) is 2.41. The van der Waals surface area contributed by atoms with Crippen LogP contribution in [0.4, 0.5) is 5.82 Å². The number of hydrogen-bond acceptors (Lipinski definition) is 6. The maximum absolute atomic E-state index is 12.9. The van der Waals surface area contributed by atoms with E-state index in [0.29, 0.717) is 18.9 Å². The smallest absolute Gasteiger partial charge is 0.234 e. The molecule has 170 valence electrons. The lowest BCUT2D eigenvalue weighted by Gasteiger charge is -2.57. The number of hydrogen-bond donors (Lipinski definition) is 2. The molecule has 3 N–H and O–H groups in total. The van der Waals surface area contributed by atoms with Crippen molar-refractivity contribution in [3.63, 3.8) is 0 Å². The summed E-state index contributed by atoms with van der Waals surface area (Å²) in [4.78, 5) is 26.8. The monoisotopic (exact) mass is 434 g/mol. The molecule has 0 atom stereocenters. The van der Waals surface area contributed by atoms with Gasteiger partial charge in [0, 0.05) is 37.1 Å². The first kappa shape index (κ1) is 20.4. The Morgan fingerprint density at radius 3 is 2.28 bits per heavy atom. The first-order valence-corrected chi connectivity index (χ1v) is 12.3. The summed E-state index contributed by atoms with van der Waals surface area (Å²) in [7, 11) is 0. The van der Waals surface area contributed by atoms with Crippen molar-refractivity contribution in [1.29, 1.82) is 0 Å². The van der Waals surface area contributed by atoms with Gasteiger partial charge in [0.2, 0.25) is 5.91 Å². The zero-order valence-corrected chi connectivity index (χ0v) is 18.8. The number of nitrogens with one attached hydrogen (secondary N) is 1. The maximum Gasteiger partial charge on any atom is 0.234 e. The third kappa shape index (κ3) is 3.97. The molecule has 5 fully saturated rings. The number of piperazine rings is 1. The van der Waals surface area contributed by atoms with Crippen molar-refractivity contribution in [3.8, 4) is 0 Å². The van der Waals surface area contributed by atoms with Crippen LogP contribution >= 0.6 is 0 Å². The highest BCUT2D eigenvalue weighted by atomic mass is 16.2. The van der Waals surface area contributed by atoms with Gasteiger partial charge in [-0.3, -0.25) is 14.6 Å². The Kier molecular flexibility index (Phi) is 5.06. The number of carbonyl (C=O) groups excluding carboxylic acids is 1. The number of aromatic nitrogens is 2. The summed E-state index contributed by atoms with van der Waals surface area (Å²) in [6, 6.07) is 7.88. The van der Waals surface area contributed by atoms with Crippen LogP contribution in [0.3, 0.4) is 0 Å². The molecular formula is C25H34N6O. The average Bonchev–Trinajstić information content (AvgIpc) is 2.74. The highest BCUT2D eigenvalue weighted by Gasteiger charge is 2.51. The van der Waals surface area contributed by atoms with Crippen LogP contribution in [-0.4, -0.2) is 63.9 Å². The third-order valence-corrected chi connectivity index (χ3v) is 8.32. The Labute approximate surface area is 189 Å². The Bertz CT molecular complexity index is 979. The van der Waals surface area contributed by atoms with Gasteiger partial charge in [0.25, 0.3) is 0 Å². The SMILES string of the molecule is Nc1nc(CN2CCN(CC(=O)NC34CC5CC(CC(C5)C3)C4)CC2)nc2ccccc12. The highest BCUT2D eigenvalue weighted by Crippen LogP contribution is 2.55. The van der Waals surface area contributed by atoms with Crippen molar-refractivity contribution in [2.75, 3.05) is 38.5 Å². The van der Waals surface area contributed by atoms with Crippen LogP contribution in [0.2, 0.25) is 0 Å². The van der Waals surface area contributed by atoms with E-state index in [1.807, 2.05) is 24.3 Å². The van der Waals surface area contributed by atoms with E-state index in [9.17, 15) is 4.79 Å². The number of amides is 1. The Morgan fingerprint density at radius 2 is 1.59 bits per heavy atom. The van der Waals surface area contributed by atoms with Crippen LogP contribution in [0.25, 0.3) is 10.9 Å². The van der Waals surface area contributed by atoms with Gasteiger partial charge in [-0.05, 0) is 68.4 Å². The molecule has 2 aromatic rings. The second-order valence-electron chi connectivity index (χ2n) is 10.8. The minimum absolute atomic E-state index is 0.112. The fraction of sp³-hybridized carbons (Fsp3) is 0.640. The van der Waals surface area contributed by atoms with E-state index in [1.165, 1.54) is 38.5 Å². The largest absolute Gasteiger partial charge is 0.383 e. The first-order valence-electron chi connectivity index (χ1n) is 12.3. The summed E-state index contributed by atoms with van der Waals surface area (Å²) in [5.41, 5.74) is 7.15. The van der Waals surface area contributed by atoms with E-state index in [1.54, 1.807) is 0 Å². The van der Waals surface area contributed by atoms with E-state index in [-0.39, 0.29) is 11.4 Å². The molecular weight excluding hydrogens is 400 g/mol. The van der Waals surface area contributed by atoms with Gasteiger partial charge < -0.3 is 11.1 Å². The van der Waals surface area contributed by atoms with Gasteiger partial charge in [-0.2, -0.15) is 0 Å². The van der Waals surface area contributed by atoms with Crippen molar-refractivity contribution in [1.82, 2.24) is 25.1 Å². The van der Waals surface area contributed by atoms with Crippen LogP contribution in [-0.2, 0) is 11.3 Å². The number of nitrogens with zero attached hydrogens (tertiary/aromatic N) is 4. The molecule has 7 rings (SSSR count). The number of nitrogens with two attached hydrogens (primary N) is 1. The van der Waals surface area contributed by atoms with E-state index < -0.39 is 0 Å². The zero-order chi connectivity index (χ0) is 21.7. The second-order valence-corrected chi connectivity index (χ2v) is 10.8. The molecule has 7 heteroatoms. The van der Waals surface area contributed by atoms with E-state index >= 15 is 0 Å². The fourth-order valence-electron chi connectivity index (χ4n) is 7.33. The molecule has 7 nitrogen and oxygen atoms in total. The number of rotatable bonds is 5. The van der Waals surface area contributed by atoms with E-state index in [0.717, 1.165) is 60.7 Å². The van der Waals surface area contributed by atoms with E-state index in [4.69, 9.17) is 10.7 Å². The summed E-state index contributed by atoms with van der Waals surface area (Å²) in [5.74, 6) is 4.12. The fourth-order valence-corrected chi connectivity index (χ4v) is 7.33. The highest BCUT2D eigenvalue weighted by molar-refractivity contribution is 5.87. The first-order chi connectivity index (χ1) is 15.5. The number of anilines is 1. The Balaban J connectivity index is 1.01. The van der Waals surface area contributed by atoms with Crippen molar-refractivity contribution in [2.24, 2.45) is 17.8 Å². The number of nitrogen functional groups attached to an aromatic ring is 1. The standard InChI is InChI=1S/C25H34N6O/c26-24-20-3-1-2-4-21(20)27-22(28-24)15-30-5-7-31(8-6-30)16-23(32)29-25-12-17-9-18(13-25)11-19(10-17)14-25/h1-4,17-19H,5-16H2,(H,29,32)(H2,26,27,28). The van der Waals surface area contributed by atoms with E-state index in [2.05, 4.69) is 20.1 Å². The van der Waals surface area contributed by atoms with Crippen molar-refractivity contribution in [2.45, 2.75) is 50.6 Å². The van der Waals surface area contributed by atoms with Gasteiger partial charge in [-0.25, -0.2) is 9.97 Å². The summed E-state index contributed by atoms with van der Waals surface area (Å²) in [6.45, 7) is 4.85. The quantitative estimate of drug-likeness (QED) is 0.752. The second kappa shape index (κ2) is 7.96. The topological polar surface area (TPSA) is 87.4 Å². The molecule has 0 radical (unpaired) electrons. The van der Waals surface area contributed by atoms with Crippen LogP contribution in [0.5, 0.6) is 0 Å². The van der Waals surface area contributed by atoms with Crippen molar-refractivity contribution in [3.05, 3.63) is 30.1 Å². The molecule has 1 saturated heterocycles. The van der Waals surface area contributed by atoms with Gasteiger partial charge >= 0.3 is 0 Å². The molecule has 2 heterocycles. The molecule has 0 unspecified atom stereocenters. The molecule has 1 amide bonds. The predicted molar refractivity (Wildman–Crippen MR) is 125 cm³/mol. The van der Waals surface area contributed by atoms with Gasteiger partial charge in [0.15, 0.2) is 0 Å². The summed E-state index contributed by atoms with van der Waals surface area (Å²) in [6.07, 6.45) is 7.87. The Hall–Kier alpha value is -2.25. The Morgan fingerprint density at radius 1 is 0.969 bits per heavy atom. The van der Waals surface area contributed by atoms with Crippen LogP contribution in [0, 0.1) is 17.8 Å². The molecule has 0 spiro atoms. The van der Waals surface area contributed by atoms with Gasteiger partial charge in [0.05, 0.1) is 18.6 Å². The van der Waals surface area contributed by atoms with Crippen molar-refractivity contribution >= 4 is 22.6 Å². The molecule has 1 aromatic carbocycles. The number of carbonyl (C=O) groups is 1. The lowest BCUT2D eigenvalue weighted by atomic mass is 9.53. The van der Waals surface area contributed by atoms with Crippen LogP contribution in [0.1, 0.15) is 44.3 Å². The van der Waals surface area contributed by atoms with Gasteiger partial charge in [0.1, 0.15) is 11.6 Å². The summed E-state index contributed by atoms with van der Waals surface area (Å²) >= 11 is 0. The molecule has 4 saturated carbocycles. The number of fused-ring (bicyclic) bond motifs is 1. The third-order valence-electron chi connectivity index (χ3n) is 8.32.